The SMILES string of the molecule is CC(C)Cc1c(-c2ccc(OCc3ccccc3)cc2)nc2c(C(=O)O)c[nH]n2c1=O. The van der Waals surface area contributed by atoms with Crippen LogP contribution in [0.4, 0.5) is 0 Å². The standard InChI is InChI=1S/C24H23N3O4/c1-15(2)12-19-21(26-22-20(24(29)30)13-25-27(22)23(19)28)17-8-10-18(11-9-17)31-14-16-6-4-3-5-7-16/h3-11,13,15,25H,12,14H2,1-2H3,(H,29,30). The summed E-state index contributed by atoms with van der Waals surface area (Å²) < 4.78 is 7.04. The van der Waals surface area contributed by atoms with E-state index in [0.29, 0.717) is 30.0 Å². The molecular weight excluding hydrogens is 394 g/mol. The van der Waals surface area contributed by atoms with E-state index < -0.39 is 5.97 Å². The van der Waals surface area contributed by atoms with Crippen LogP contribution >= 0.6 is 0 Å². The molecule has 2 N–H and O–H groups in total. The molecule has 0 saturated heterocycles. The molecule has 0 aliphatic rings. The van der Waals surface area contributed by atoms with Gasteiger partial charge in [0, 0.05) is 17.3 Å². The van der Waals surface area contributed by atoms with Crippen LogP contribution in [0.25, 0.3) is 16.9 Å². The van der Waals surface area contributed by atoms with E-state index in [-0.39, 0.29) is 22.7 Å². The summed E-state index contributed by atoms with van der Waals surface area (Å²) >= 11 is 0. The molecule has 0 bridgehead atoms. The molecule has 0 atom stereocenters. The maximum Gasteiger partial charge on any atom is 0.341 e. The summed E-state index contributed by atoms with van der Waals surface area (Å²) in [5.74, 6) is -0.213. The summed E-state index contributed by atoms with van der Waals surface area (Å²) in [6, 6.07) is 17.2. The molecule has 7 nitrogen and oxygen atoms in total. The van der Waals surface area contributed by atoms with E-state index in [4.69, 9.17) is 4.74 Å². The molecule has 0 aliphatic carbocycles. The number of nitrogens with zero attached hydrogens (tertiary/aromatic N) is 2. The van der Waals surface area contributed by atoms with E-state index in [0.717, 1.165) is 11.1 Å². The third-order valence-electron chi connectivity index (χ3n) is 4.97. The van der Waals surface area contributed by atoms with E-state index in [9.17, 15) is 14.7 Å². The van der Waals surface area contributed by atoms with Crippen LogP contribution < -0.4 is 10.3 Å². The highest BCUT2D eigenvalue weighted by Gasteiger charge is 2.20. The number of benzene rings is 2. The van der Waals surface area contributed by atoms with Crippen LogP contribution in [0, 0.1) is 5.92 Å². The van der Waals surface area contributed by atoms with Crippen LogP contribution in [0.5, 0.6) is 5.75 Å². The van der Waals surface area contributed by atoms with Crippen molar-refractivity contribution in [2.45, 2.75) is 26.9 Å². The van der Waals surface area contributed by atoms with Crippen molar-refractivity contribution in [1.29, 1.82) is 0 Å². The molecule has 158 valence electrons. The zero-order valence-electron chi connectivity index (χ0n) is 17.3. The van der Waals surface area contributed by atoms with Crippen molar-refractivity contribution in [1.82, 2.24) is 14.6 Å². The summed E-state index contributed by atoms with van der Waals surface area (Å²) in [4.78, 5) is 29.2. The Morgan fingerprint density at radius 3 is 2.48 bits per heavy atom. The molecule has 4 rings (SSSR count). The van der Waals surface area contributed by atoms with E-state index in [1.807, 2.05) is 68.4 Å². The van der Waals surface area contributed by atoms with Crippen molar-refractivity contribution in [3.05, 3.63) is 87.8 Å². The van der Waals surface area contributed by atoms with E-state index >= 15 is 0 Å². The number of carboxylic acid groups (broad SMARTS) is 1. The number of hydrogen-bond acceptors (Lipinski definition) is 4. The Morgan fingerprint density at radius 1 is 1.13 bits per heavy atom. The van der Waals surface area contributed by atoms with Crippen molar-refractivity contribution in [2.24, 2.45) is 5.92 Å². The fourth-order valence-corrected chi connectivity index (χ4v) is 3.49. The molecule has 0 unspecified atom stereocenters. The Bertz CT molecular complexity index is 1270. The Kier molecular flexibility index (Phi) is 5.58. The number of rotatable bonds is 7. The van der Waals surface area contributed by atoms with Gasteiger partial charge in [-0.15, -0.1) is 0 Å². The second-order valence-corrected chi connectivity index (χ2v) is 7.79. The summed E-state index contributed by atoms with van der Waals surface area (Å²) in [5.41, 5.74) is 2.62. The lowest BCUT2D eigenvalue weighted by atomic mass is 9.98. The number of ether oxygens (including phenoxy) is 1. The summed E-state index contributed by atoms with van der Waals surface area (Å²) in [6.07, 6.45) is 1.81. The summed E-state index contributed by atoms with van der Waals surface area (Å²) in [7, 11) is 0. The molecule has 7 heteroatoms. The lowest BCUT2D eigenvalue weighted by Crippen LogP contribution is -2.23. The minimum Gasteiger partial charge on any atom is -0.489 e. The van der Waals surface area contributed by atoms with Crippen LogP contribution in [-0.2, 0) is 13.0 Å². The third-order valence-corrected chi connectivity index (χ3v) is 4.97. The second kappa shape index (κ2) is 8.47. The number of H-pyrrole nitrogens is 1. The van der Waals surface area contributed by atoms with Crippen molar-refractivity contribution in [3.63, 3.8) is 0 Å². The molecule has 2 heterocycles. The van der Waals surface area contributed by atoms with Crippen molar-refractivity contribution < 1.29 is 14.6 Å². The molecule has 0 amide bonds. The number of carbonyl (C=O) groups is 1. The predicted octanol–water partition coefficient (Wildman–Crippen LogP) is 4.17. The Labute approximate surface area is 178 Å². The molecule has 2 aromatic heterocycles. The number of aromatic carboxylic acids is 1. The average molecular weight is 417 g/mol. The molecule has 0 radical (unpaired) electrons. The zero-order chi connectivity index (χ0) is 22.0. The highest BCUT2D eigenvalue weighted by atomic mass is 16.5. The van der Waals surface area contributed by atoms with Gasteiger partial charge in [-0.3, -0.25) is 9.89 Å². The van der Waals surface area contributed by atoms with E-state index in [2.05, 4.69) is 10.1 Å². The lowest BCUT2D eigenvalue weighted by Gasteiger charge is -2.12. The largest absolute Gasteiger partial charge is 0.489 e. The van der Waals surface area contributed by atoms with Crippen LogP contribution in [0.3, 0.4) is 0 Å². The molecule has 0 aliphatic heterocycles. The quantitative estimate of drug-likeness (QED) is 0.471. The van der Waals surface area contributed by atoms with Crippen LogP contribution in [0.2, 0.25) is 0 Å². The first-order valence-corrected chi connectivity index (χ1v) is 10.1. The van der Waals surface area contributed by atoms with Crippen molar-refractivity contribution in [2.75, 3.05) is 0 Å². The fourth-order valence-electron chi connectivity index (χ4n) is 3.49. The molecule has 0 fully saturated rings. The van der Waals surface area contributed by atoms with Gasteiger partial charge in [0.05, 0.1) is 5.69 Å². The maximum atomic E-state index is 13.1. The van der Waals surface area contributed by atoms with E-state index in [1.165, 1.54) is 10.7 Å². The van der Waals surface area contributed by atoms with Gasteiger partial charge < -0.3 is 9.84 Å². The molecule has 0 saturated carbocycles. The van der Waals surface area contributed by atoms with Crippen molar-refractivity contribution in [3.8, 4) is 17.0 Å². The molecule has 0 spiro atoms. The fraction of sp³-hybridized carbons (Fsp3) is 0.208. The molecule has 4 aromatic rings. The minimum atomic E-state index is -1.14. The normalized spacial score (nSPS) is 11.2. The first kappa shape index (κ1) is 20.4. The van der Waals surface area contributed by atoms with Gasteiger partial charge in [-0.1, -0.05) is 44.2 Å². The lowest BCUT2D eigenvalue weighted by molar-refractivity contribution is 0.0698. The van der Waals surface area contributed by atoms with Gasteiger partial charge in [-0.2, -0.15) is 0 Å². The van der Waals surface area contributed by atoms with Crippen LogP contribution in [0.1, 0.15) is 35.3 Å². The highest BCUT2D eigenvalue weighted by molar-refractivity contribution is 5.94. The van der Waals surface area contributed by atoms with Crippen LogP contribution in [0.15, 0.2) is 65.6 Å². The van der Waals surface area contributed by atoms with Gasteiger partial charge in [-0.05, 0) is 42.2 Å². The number of nitrogens with one attached hydrogen (secondary N) is 1. The molecule has 31 heavy (non-hydrogen) atoms. The van der Waals surface area contributed by atoms with Gasteiger partial charge in [-0.25, -0.2) is 14.3 Å². The summed E-state index contributed by atoms with van der Waals surface area (Å²) in [5, 5.41) is 12.1. The Balaban J connectivity index is 1.72. The first-order chi connectivity index (χ1) is 14.9. The predicted molar refractivity (Wildman–Crippen MR) is 118 cm³/mol. The smallest absolute Gasteiger partial charge is 0.341 e. The van der Waals surface area contributed by atoms with Gasteiger partial charge >= 0.3 is 5.97 Å². The van der Waals surface area contributed by atoms with Crippen LogP contribution in [-0.4, -0.2) is 25.7 Å². The van der Waals surface area contributed by atoms with Crippen molar-refractivity contribution >= 4 is 11.6 Å². The minimum absolute atomic E-state index is 0.0442. The topological polar surface area (TPSA) is 96.7 Å². The monoisotopic (exact) mass is 417 g/mol. The Hall–Kier alpha value is -3.87. The average Bonchev–Trinajstić information content (AvgIpc) is 3.20. The number of aromatic nitrogens is 3. The zero-order valence-corrected chi connectivity index (χ0v) is 17.3. The molecular formula is C24H23N3O4. The highest BCUT2D eigenvalue weighted by Crippen LogP contribution is 2.26. The van der Waals surface area contributed by atoms with Gasteiger partial charge in [0.2, 0.25) is 0 Å². The van der Waals surface area contributed by atoms with Gasteiger partial charge in [0.15, 0.2) is 5.65 Å². The Morgan fingerprint density at radius 2 is 1.84 bits per heavy atom. The van der Waals surface area contributed by atoms with Gasteiger partial charge in [0.25, 0.3) is 5.56 Å². The number of carboxylic acids is 1. The number of fused-ring (bicyclic) bond motifs is 1. The number of aromatic amines is 1. The van der Waals surface area contributed by atoms with E-state index in [1.54, 1.807) is 0 Å². The first-order valence-electron chi connectivity index (χ1n) is 10.1. The second-order valence-electron chi connectivity index (χ2n) is 7.79. The molecule has 2 aromatic carbocycles. The maximum absolute atomic E-state index is 13.1. The third kappa shape index (κ3) is 4.21. The number of hydrogen-bond donors (Lipinski definition) is 2. The van der Waals surface area contributed by atoms with Gasteiger partial charge in [0.1, 0.15) is 17.9 Å². The summed E-state index contributed by atoms with van der Waals surface area (Å²) in [6.45, 7) is 4.50.